The van der Waals surface area contributed by atoms with Gasteiger partial charge in [0, 0.05) is 27.2 Å². The minimum absolute atomic E-state index is 0.0711. The Balaban J connectivity index is 2.44. The maximum Gasteiger partial charge on any atom is 0.330 e. The van der Waals surface area contributed by atoms with E-state index < -0.39 is 48.6 Å². The summed E-state index contributed by atoms with van der Waals surface area (Å²) in [5, 5.41) is 12.6. The van der Waals surface area contributed by atoms with Crippen LogP contribution in [0.3, 0.4) is 0 Å². The molecule has 1 fully saturated rings. The van der Waals surface area contributed by atoms with Crippen molar-refractivity contribution in [2.75, 3.05) is 6.61 Å². The first-order valence-corrected chi connectivity index (χ1v) is 5.44. The van der Waals surface area contributed by atoms with Crippen molar-refractivity contribution in [1.82, 2.24) is 9.55 Å². The van der Waals surface area contributed by atoms with Gasteiger partial charge in [-0.25, -0.2) is 4.79 Å². The number of azide groups is 1. The number of hydrogen-bond acceptors (Lipinski definition) is 5. The summed E-state index contributed by atoms with van der Waals surface area (Å²) in [5.74, 6) is 0. The largest absolute Gasteiger partial charge is 0.394 e. The van der Waals surface area contributed by atoms with Crippen LogP contribution in [0, 0.1) is 6.85 Å². The molecule has 0 spiro atoms. The van der Waals surface area contributed by atoms with Crippen LogP contribution in [0.1, 0.15) is 22.3 Å². The number of aromatic amines is 1. The standard InChI is InChI=1S/C10H13N5O4/c1-5-3-15(10(18)12-9(5)17)8-2-6(13-14-11)7(4-16)19-8/h3,6-8,16H,2,4H2,1H3,(H,12,17,18)/i1D3. The predicted octanol–water partition coefficient (Wildman–Crippen LogP) is -0.196. The highest BCUT2D eigenvalue weighted by atomic mass is 16.5. The van der Waals surface area contributed by atoms with Gasteiger partial charge >= 0.3 is 5.69 Å². The van der Waals surface area contributed by atoms with Crippen LogP contribution in [0.25, 0.3) is 10.4 Å². The van der Waals surface area contributed by atoms with E-state index >= 15 is 0 Å². The highest BCUT2D eigenvalue weighted by molar-refractivity contribution is 5.02. The highest BCUT2D eigenvalue weighted by Crippen LogP contribution is 2.29. The molecule has 3 unspecified atom stereocenters. The summed E-state index contributed by atoms with van der Waals surface area (Å²) in [6, 6.07) is -0.699. The lowest BCUT2D eigenvalue weighted by atomic mass is 10.1. The van der Waals surface area contributed by atoms with Gasteiger partial charge in [0.15, 0.2) is 0 Å². The van der Waals surface area contributed by atoms with Crippen LogP contribution in [0.5, 0.6) is 0 Å². The lowest BCUT2D eigenvalue weighted by Gasteiger charge is -2.14. The van der Waals surface area contributed by atoms with E-state index in [1.54, 1.807) is 0 Å². The minimum Gasteiger partial charge on any atom is -0.394 e. The van der Waals surface area contributed by atoms with E-state index in [1.807, 2.05) is 4.98 Å². The fraction of sp³-hybridized carbons (Fsp3) is 0.600. The molecule has 0 radical (unpaired) electrons. The minimum atomic E-state index is -2.69. The van der Waals surface area contributed by atoms with E-state index in [1.165, 1.54) is 0 Å². The molecule has 1 aromatic heterocycles. The molecule has 19 heavy (non-hydrogen) atoms. The van der Waals surface area contributed by atoms with Crippen LogP contribution >= 0.6 is 0 Å². The predicted molar refractivity (Wildman–Crippen MR) is 64.6 cm³/mol. The molecule has 2 heterocycles. The normalized spacial score (nSPS) is 29.1. The molecule has 9 nitrogen and oxygen atoms in total. The Morgan fingerprint density at radius 3 is 3.21 bits per heavy atom. The molecule has 3 atom stereocenters. The Morgan fingerprint density at radius 1 is 1.79 bits per heavy atom. The van der Waals surface area contributed by atoms with E-state index in [0.717, 1.165) is 10.8 Å². The summed E-state index contributed by atoms with van der Waals surface area (Å²) < 4.78 is 28.2. The molecule has 0 bridgehead atoms. The van der Waals surface area contributed by atoms with Gasteiger partial charge in [0.05, 0.1) is 18.8 Å². The van der Waals surface area contributed by atoms with Gasteiger partial charge in [-0.3, -0.25) is 14.3 Å². The molecule has 9 heteroatoms. The number of aliphatic hydroxyl groups excluding tert-OH is 1. The Kier molecular flexibility index (Phi) is 2.71. The summed E-state index contributed by atoms with van der Waals surface area (Å²) in [5.41, 5.74) is 6.08. The first kappa shape index (κ1) is 9.79. The van der Waals surface area contributed by atoms with Crippen molar-refractivity contribution < 1.29 is 14.0 Å². The monoisotopic (exact) mass is 270 g/mol. The van der Waals surface area contributed by atoms with E-state index in [0.29, 0.717) is 0 Å². The second-order valence-corrected chi connectivity index (χ2v) is 4.03. The number of ether oxygens (including phenoxy) is 1. The zero-order valence-corrected chi connectivity index (χ0v) is 9.68. The van der Waals surface area contributed by atoms with Crippen LogP contribution in [-0.2, 0) is 4.74 Å². The molecule has 0 aromatic carbocycles. The summed E-state index contributed by atoms with van der Waals surface area (Å²) in [6.07, 6.45) is -0.776. The molecular weight excluding hydrogens is 254 g/mol. The van der Waals surface area contributed by atoms with E-state index in [-0.39, 0.29) is 6.42 Å². The Morgan fingerprint density at radius 2 is 2.58 bits per heavy atom. The molecular formula is C10H13N5O4. The molecule has 102 valence electrons. The molecule has 0 aliphatic carbocycles. The number of hydrogen-bond donors (Lipinski definition) is 2. The topological polar surface area (TPSA) is 133 Å². The van der Waals surface area contributed by atoms with E-state index in [2.05, 4.69) is 10.0 Å². The zero-order valence-electron chi connectivity index (χ0n) is 12.7. The Labute approximate surface area is 111 Å². The first-order chi connectivity index (χ1) is 10.3. The third-order valence-electron chi connectivity index (χ3n) is 2.86. The van der Waals surface area contributed by atoms with Crippen molar-refractivity contribution in [2.45, 2.75) is 31.6 Å². The highest BCUT2D eigenvalue weighted by Gasteiger charge is 2.35. The smallest absolute Gasteiger partial charge is 0.330 e. The molecule has 1 saturated heterocycles. The SMILES string of the molecule is [2H]C([2H])([2H])c1cn(C2CC(N=[N+]=[N-])C(CO)O2)c(=O)[nH]c1=O. The van der Waals surface area contributed by atoms with Gasteiger partial charge in [-0.2, -0.15) is 0 Å². The van der Waals surface area contributed by atoms with Gasteiger partial charge in [-0.1, -0.05) is 5.11 Å². The van der Waals surface area contributed by atoms with Crippen molar-refractivity contribution in [3.63, 3.8) is 0 Å². The van der Waals surface area contributed by atoms with Crippen LogP contribution in [-0.4, -0.2) is 33.4 Å². The maximum absolute atomic E-state index is 11.8. The zero-order chi connectivity index (χ0) is 16.5. The van der Waals surface area contributed by atoms with Crippen molar-refractivity contribution >= 4 is 0 Å². The maximum atomic E-state index is 11.8. The van der Waals surface area contributed by atoms with Gasteiger partial charge in [0.1, 0.15) is 6.23 Å². The van der Waals surface area contributed by atoms with E-state index in [9.17, 15) is 14.7 Å². The van der Waals surface area contributed by atoms with Crippen LogP contribution in [0.15, 0.2) is 20.9 Å². The molecule has 1 aromatic rings. The average Bonchev–Trinajstić information content (AvgIpc) is 2.80. The number of aryl methyl sites for hydroxylation is 1. The number of aliphatic hydroxyl groups is 1. The number of H-pyrrole nitrogens is 1. The quantitative estimate of drug-likeness (QED) is 0.447. The van der Waals surface area contributed by atoms with Crippen molar-refractivity contribution in [1.29, 1.82) is 0 Å². The van der Waals surface area contributed by atoms with Crippen LogP contribution in [0.2, 0.25) is 0 Å². The summed E-state index contributed by atoms with van der Waals surface area (Å²) in [4.78, 5) is 28.0. The van der Waals surface area contributed by atoms with Crippen LogP contribution < -0.4 is 11.2 Å². The van der Waals surface area contributed by atoms with Gasteiger partial charge in [0.2, 0.25) is 0 Å². The molecule has 0 saturated carbocycles. The average molecular weight is 270 g/mol. The molecule has 2 N–H and O–H groups in total. The Hall–Kier alpha value is -2.09. The molecule has 1 aliphatic heterocycles. The fourth-order valence-electron chi connectivity index (χ4n) is 1.94. The number of nitrogens with zero attached hydrogens (tertiary/aromatic N) is 4. The first-order valence-electron chi connectivity index (χ1n) is 6.94. The van der Waals surface area contributed by atoms with Gasteiger partial charge < -0.3 is 9.84 Å². The van der Waals surface area contributed by atoms with Crippen LogP contribution in [0.4, 0.5) is 0 Å². The Bertz CT molecular complexity index is 720. The van der Waals surface area contributed by atoms with Gasteiger partial charge in [-0.05, 0) is 12.4 Å². The molecule has 2 rings (SSSR count). The van der Waals surface area contributed by atoms with Crippen molar-refractivity contribution in [3.8, 4) is 0 Å². The third-order valence-corrected chi connectivity index (χ3v) is 2.86. The van der Waals surface area contributed by atoms with Gasteiger partial charge in [-0.15, -0.1) is 0 Å². The second kappa shape index (κ2) is 5.27. The summed E-state index contributed by atoms with van der Waals surface area (Å²) in [6.45, 7) is -3.12. The molecule has 1 aliphatic rings. The van der Waals surface area contributed by atoms with Crippen molar-refractivity contribution in [2.24, 2.45) is 5.11 Å². The van der Waals surface area contributed by atoms with Crippen molar-refractivity contribution in [3.05, 3.63) is 43.0 Å². The lowest BCUT2D eigenvalue weighted by Crippen LogP contribution is -2.33. The van der Waals surface area contributed by atoms with E-state index in [4.69, 9.17) is 14.4 Å². The van der Waals surface area contributed by atoms with Gasteiger partial charge in [0.25, 0.3) is 5.56 Å². The number of aromatic nitrogens is 2. The fourth-order valence-corrected chi connectivity index (χ4v) is 1.94. The summed E-state index contributed by atoms with van der Waals surface area (Å²) >= 11 is 0. The number of rotatable bonds is 3. The lowest BCUT2D eigenvalue weighted by molar-refractivity contribution is -0.0271. The summed E-state index contributed by atoms with van der Waals surface area (Å²) in [7, 11) is 0. The third kappa shape index (κ3) is 2.53. The molecule has 0 amide bonds. The second-order valence-electron chi connectivity index (χ2n) is 4.03. The number of nitrogens with one attached hydrogen (secondary N) is 1.